The van der Waals surface area contributed by atoms with Crippen molar-refractivity contribution < 1.29 is 9.18 Å². The number of thioether (sulfide) groups is 1. The van der Waals surface area contributed by atoms with Gasteiger partial charge in [-0.2, -0.15) is 0 Å². The molecule has 2 aromatic carbocycles. The van der Waals surface area contributed by atoms with Gasteiger partial charge in [-0.3, -0.25) is 4.79 Å². The summed E-state index contributed by atoms with van der Waals surface area (Å²) in [6, 6.07) is 11.3. The summed E-state index contributed by atoms with van der Waals surface area (Å²) in [5.41, 5.74) is 3.10. The summed E-state index contributed by atoms with van der Waals surface area (Å²) in [6.45, 7) is 4.25. The highest BCUT2D eigenvalue weighted by molar-refractivity contribution is 8.08. The number of halogens is 1. The number of benzene rings is 2. The molecule has 0 aliphatic carbocycles. The predicted molar refractivity (Wildman–Crippen MR) is 107 cm³/mol. The highest BCUT2D eigenvalue weighted by Gasteiger charge is 2.09. The van der Waals surface area contributed by atoms with E-state index in [1.54, 1.807) is 11.8 Å². The van der Waals surface area contributed by atoms with Crippen LogP contribution in [0.5, 0.6) is 0 Å². The van der Waals surface area contributed by atoms with Crippen LogP contribution >= 0.6 is 11.8 Å². The zero-order chi connectivity index (χ0) is 18.5. The Balaban J connectivity index is 1.72. The number of aromatic amines is 1. The first-order chi connectivity index (χ1) is 12.6. The quantitative estimate of drug-likeness (QED) is 0.568. The number of Topliss-reactive ketones (excluding diaryl/α,β-unsaturated/α-hetero) is 1. The number of allylic oxidation sites excluding steroid dienone is 1. The molecule has 0 bridgehead atoms. The van der Waals surface area contributed by atoms with Gasteiger partial charge >= 0.3 is 0 Å². The number of carbonyl (C=O) groups excluding carboxylic acids is 1. The van der Waals surface area contributed by atoms with Gasteiger partial charge in [-0.15, -0.1) is 11.8 Å². The molecule has 0 saturated heterocycles. The smallest absolute Gasteiger partial charge is 0.181 e. The van der Waals surface area contributed by atoms with E-state index >= 15 is 0 Å². The molecule has 3 aromatic rings. The van der Waals surface area contributed by atoms with Gasteiger partial charge in [-0.1, -0.05) is 13.0 Å². The largest absolute Gasteiger partial charge is 0.378 e. The van der Waals surface area contributed by atoms with E-state index < -0.39 is 0 Å². The Bertz CT molecular complexity index is 947. The van der Waals surface area contributed by atoms with Gasteiger partial charge in [0.15, 0.2) is 5.78 Å². The van der Waals surface area contributed by atoms with Crippen molar-refractivity contribution in [2.75, 3.05) is 17.6 Å². The van der Waals surface area contributed by atoms with Crippen molar-refractivity contribution in [3.63, 3.8) is 0 Å². The first kappa shape index (κ1) is 18.2. The monoisotopic (exact) mass is 369 g/mol. The highest BCUT2D eigenvalue weighted by atomic mass is 32.2. The lowest BCUT2D eigenvalue weighted by molar-refractivity contribution is 0.101. The minimum absolute atomic E-state index is 0.0917. The molecule has 3 rings (SSSR count). The molecular formula is C20H20FN3OS. The number of imidazole rings is 1. The lowest BCUT2D eigenvalue weighted by atomic mass is 10.1. The standard InChI is InChI=1S/C20H20FN3OS/c1-3-19(26-4-2)20-23-16-10-9-15(11-17(16)24-20)22-12-18(25)13-5-7-14(21)8-6-13/h3,5-11,22H,4,12H2,1-2H3,(H,23,24)/b19-3-. The van der Waals surface area contributed by atoms with E-state index in [0.717, 1.165) is 33.2 Å². The van der Waals surface area contributed by atoms with E-state index in [2.05, 4.69) is 22.2 Å². The second-order valence-corrected chi connectivity index (χ2v) is 6.99. The van der Waals surface area contributed by atoms with Crippen LogP contribution in [0.15, 0.2) is 48.5 Å². The summed E-state index contributed by atoms with van der Waals surface area (Å²) >= 11 is 1.74. The molecule has 0 aliphatic heterocycles. The second kappa shape index (κ2) is 8.19. The number of H-pyrrole nitrogens is 1. The number of carbonyl (C=O) groups is 1. The Hall–Kier alpha value is -2.60. The van der Waals surface area contributed by atoms with Crippen molar-refractivity contribution in [2.45, 2.75) is 13.8 Å². The molecule has 6 heteroatoms. The first-order valence-corrected chi connectivity index (χ1v) is 9.41. The van der Waals surface area contributed by atoms with Crippen molar-refractivity contribution in [3.8, 4) is 0 Å². The van der Waals surface area contributed by atoms with Crippen molar-refractivity contribution in [3.05, 3.63) is 65.7 Å². The number of anilines is 1. The van der Waals surface area contributed by atoms with E-state index in [4.69, 9.17) is 0 Å². The summed E-state index contributed by atoms with van der Waals surface area (Å²) < 4.78 is 12.9. The first-order valence-electron chi connectivity index (χ1n) is 8.42. The maximum atomic E-state index is 12.9. The molecule has 0 spiro atoms. The zero-order valence-electron chi connectivity index (χ0n) is 14.7. The van der Waals surface area contributed by atoms with Gasteiger partial charge in [0.25, 0.3) is 0 Å². The molecule has 0 radical (unpaired) electrons. The molecule has 134 valence electrons. The molecule has 0 aliphatic rings. The number of aromatic nitrogens is 2. The Labute approximate surface area is 155 Å². The fourth-order valence-electron chi connectivity index (χ4n) is 2.60. The number of rotatable bonds is 7. The van der Waals surface area contributed by atoms with Crippen LogP contribution in [0.2, 0.25) is 0 Å². The average molecular weight is 369 g/mol. The van der Waals surface area contributed by atoms with Crippen LogP contribution in [0.1, 0.15) is 30.0 Å². The summed E-state index contributed by atoms with van der Waals surface area (Å²) in [7, 11) is 0. The van der Waals surface area contributed by atoms with Gasteiger partial charge in [0, 0.05) is 16.2 Å². The zero-order valence-corrected chi connectivity index (χ0v) is 15.5. The Morgan fingerprint density at radius 3 is 2.73 bits per heavy atom. The van der Waals surface area contributed by atoms with Crippen molar-refractivity contribution in [1.29, 1.82) is 0 Å². The Morgan fingerprint density at radius 2 is 2.04 bits per heavy atom. The molecule has 26 heavy (non-hydrogen) atoms. The lowest BCUT2D eigenvalue weighted by Crippen LogP contribution is -2.13. The SMILES string of the molecule is C/C=C(\SCC)c1nc2ccc(NCC(=O)c3ccc(F)cc3)cc2[nH]1. The molecule has 0 saturated carbocycles. The minimum atomic E-state index is -0.350. The van der Waals surface area contributed by atoms with E-state index in [0.29, 0.717) is 5.56 Å². The van der Waals surface area contributed by atoms with Crippen molar-refractivity contribution >= 4 is 39.2 Å². The fourth-order valence-corrected chi connectivity index (χ4v) is 3.31. The molecule has 0 fully saturated rings. The lowest BCUT2D eigenvalue weighted by Gasteiger charge is -2.06. The van der Waals surface area contributed by atoms with E-state index in [1.165, 1.54) is 24.3 Å². The van der Waals surface area contributed by atoms with Crippen LogP contribution in [-0.2, 0) is 0 Å². The van der Waals surface area contributed by atoms with Gasteiger partial charge in [-0.25, -0.2) is 9.37 Å². The van der Waals surface area contributed by atoms with Crippen LogP contribution in [0.4, 0.5) is 10.1 Å². The average Bonchev–Trinajstić information content (AvgIpc) is 3.07. The molecule has 1 heterocycles. The van der Waals surface area contributed by atoms with Crippen LogP contribution in [0.3, 0.4) is 0 Å². The van der Waals surface area contributed by atoms with Crippen LogP contribution in [0.25, 0.3) is 15.9 Å². The van der Waals surface area contributed by atoms with Gasteiger partial charge in [-0.05, 0) is 55.1 Å². The number of fused-ring (bicyclic) bond motifs is 1. The second-order valence-electron chi connectivity index (χ2n) is 5.69. The summed E-state index contributed by atoms with van der Waals surface area (Å²) in [5, 5.41) is 3.12. The third-order valence-electron chi connectivity index (χ3n) is 3.90. The number of nitrogens with zero attached hydrogens (tertiary/aromatic N) is 1. The number of ketones is 1. The molecule has 0 atom stereocenters. The number of hydrogen-bond acceptors (Lipinski definition) is 4. The van der Waals surface area contributed by atoms with Crippen molar-refractivity contribution in [2.24, 2.45) is 0 Å². The van der Waals surface area contributed by atoms with Gasteiger partial charge < -0.3 is 10.3 Å². The third kappa shape index (κ3) is 4.14. The third-order valence-corrected chi connectivity index (χ3v) is 4.93. The topological polar surface area (TPSA) is 57.8 Å². The van der Waals surface area contributed by atoms with Crippen LogP contribution < -0.4 is 5.32 Å². The molecule has 2 N–H and O–H groups in total. The maximum Gasteiger partial charge on any atom is 0.181 e. The Kier molecular flexibility index (Phi) is 5.73. The van der Waals surface area contributed by atoms with Gasteiger partial charge in [0.2, 0.25) is 0 Å². The molecule has 4 nitrogen and oxygen atoms in total. The normalized spacial score (nSPS) is 11.7. The molecule has 0 amide bonds. The number of hydrogen-bond donors (Lipinski definition) is 2. The van der Waals surface area contributed by atoms with Crippen molar-refractivity contribution in [1.82, 2.24) is 9.97 Å². The maximum absolute atomic E-state index is 12.9. The van der Waals surface area contributed by atoms with Crippen LogP contribution in [0, 0.1) is 5.82 Å². The highest BCUT2D eigenvalue weighted by Crippen LogP contribution is 2.27. The van der Waals surface area contributed by atoms with Gasteiger partial charge in [0.05, 0.1) is 17.6 Å². The van der Waals surface area contributed by atoms with E-state index in [-0.39, 0.29) is 18.1 Å². The summed E-state index contributed by atoms with van der Waals surface area (Å²) in [5.74, 6) is 1.39. The van der Waals surface area contributed by atoms with Crippen LogP contribution in [-0.4, -0.2) is 28.0 Å². The Morgan fingerprint density at radius 1 is 1.27 bits per heavy atom. The summed E-state index contributed by atoms with van der Waals surface area (Å²) in [6.07, 6.45) is 2.05. The fraction of sp³-hybridized carbons (Fsp3) is 0.200. The van der Waals surface area contributed by atoms with Gasteiger partial charge in [0.1, 0.15) is 11.6 Å². The molecular weight excluding hydrogens is 349 g/mol. The van der Waals surface area contributed by atoms with E-state index in [1.807, 2.05) is 31.2 Å². The number of nitrogens with one attached hydrogen (secondary N) is 2. The van der Waals surface area contributed by atoms with E-state index in [9.17, 15) is 9.18 Å². The molecule has 0 unspecified atom stereocenters. The summed E-state index contributed by atoms with van der Waals surface area (Å²) in [4.78, 5) is 21.2. The minimum Gasteiger partial charge on any atom is -0.378 e. The molecule has 1 aromatic heterocycles. The predicted octanol–water partition coefficient (Wildman–Crippen LogP) is 5.11.